The van der Waals surface area contributed by atoms with Gasteiger partial charge in [0, 0.05) is 25.3 Å². The zero-order chi connectivity index (χ0) is 16.3. The van der Waals surface area contributed by atoms with Crippen LogP contribution in [-0.4, -0.2) is 30.2 Å². The molecule has 2 rings (SSSR count). The second-order valence-corrected chi connectivity index (χ2v) is 5.33. The van der Waals surface area contributed by atoms with Crippen molar-refractivity contribution in [2.45, 2.75) is 31.7 Å². The third-order valence-electron chi connectivity index (χ3n) is 3.65. The summed E-state index contributed by atoms with van der Waals surface area (Å²) in [6.45, 7) is 1.26. The van der Waals surface area contributed by atoms with E-state index in [0.29, 0.717) is 25.9 Å². The number of anilines is 1. The summed E-state index contributed by atoms with van der Waals surface area (Å²) in [6.07, 6.45) is -4.41. The Labute approximate surface area is 126 Å². The molecule has 1 heterocycles. The van der Waals surface area contributed by atoms with Crippen LogP contribution in [0, 0.1) is 0 Å². The van der Waals surface area contributed by atoms with Crippen molar-refractivity contribution in [3.8, 4) is 0 Å². The Morgan fingerprint density at radius 2 is 1.95 bits per heavy atom. The molecule has 0 unspecified atom stereocenters. The summed E-state index contributed by atoms with van der Waals surface area (Å²) in [4.78, 5) is 12.6. The maximum atomic E-state index is 13.0. The molecule has 0 aromatic heterocycles. The van der Waals surface area contributed by atoms with Crippen LogP contribution in [0.15, 0.2) is 18.2 Å². The first-order chi connectivity index (χ1) is 10.3. The highest BCUT2D eigenvalue weighted by Crippen LogP contribution is 2.34. The zero-order valence-electron chi connectivity index (χ0n) is 11.9. The summed E-state index contributed by atoms with van der Waals surface area (Å²) < 4.78 is 44.0. The van der Waals surface area contributed by atoms with Gasteiger partial charge in [-0.25, -0.2) is 4.79 Å². The fourth-order valence-electron chi connectivity index (χ4n) is 2.59. The molecule has 4 N–H and O–H groups in total. The Balaban J connectivity index is 2.02. The number of carbonyl (C=O) groups is 1. The fraction of sp³-hybridized carbons (Fsp3) is 0.500. The number of hydrogen-bond acceptors (Lipinski definition) is 4. The van der Waals surface area contributed by atoms with Crippen LogP contribution < -0.4 is 11.5 Å². The highest BCUT2D eigenvalue weighted by Gasteiger charge is 2.34. The first kappa shape index (κ1) is 16.4. The number of likely N-dealkylation sites (tertiary alicyclic amines) is 1. The van der Waals surface area contributed by atoms with Crippen molar-refractivity contribution in [3.63, 3.8) is 0 Å². The summed E-state index contributed by atoms with van der Waals surface area (Å²) in [5, 5.41) is 0. The number of primary amides is 1. The molecule has 0 bridgehead atoms. The number of halogens is 3. The monoisotopic (exact) mass is 317 g/mol. The van der Waals surface area contributed by atoms with Gasteiger partial charge >= 0.3 is 12.3 Å². The van der Waals surface area contributed by atoms with E-state index in [1.807, 2.05) is 4.90 Å². The van der Waals surface area contributed by atoms with Gasteiger partial charge in [0.05, 0.1) is 5.56 Å². The third kappa shape index (κ3) is 4.27. The molecule has 8 heteroatoms. The Bertz CT molecular complexity index is 541. The number of piperidine rings is 1. The first-order valence-corrected chi connectivity index (χ1v) is 6.90. The molecular formula is C14H18F3N3O2. The summed E-state index contributed by atoms with van der Waals surface area (Å²) in [6, 6.07) is 3.83. The van der Waals surface area contributed by atoms with E-state index in [4.69, 9.17) is 16.2 Å². The van der Waals surface area contributed by atoms with Gasteiger partial charge in [-0.15, -0.1) is 0 Å². The number of ether oxygens (including phenoxy) is 1. The van der Waals surface area contributed by atoms with E-state index in [9.17, 15) is 18.0 Å². The first-order valence-electron chi connectivity index (χ1n) is 6.90. The Hall–Kier alpha value is -1.96. The number of hydrogen-bond donors (Lipinski definition) is 2. The molecule has 122 valence electrons. The van der Waals surface area contributed by atoms with E-state index in [1.165, 1.54) is 12.1 Å². The van der Waals surface area contributed by atoms with E-state index in [0.717, 1.165) is 6.07 Å². The van der Waals surface area contributed by atoms with Crippen molar-refractivity contribution < 1.29 is 22.7 Å². The SMILES string of the molecule is NC(=O)OC1CCN(Cc2ccc(N)cc2C(F)(F)F)CC1. The molecule has 0 atom stereocenters. The number of alkyl halides is 3. The Morgan fingerprint density at radius 3 is 2.50 bits per heavy atom. The summed E-state index contributed by atoms with van der Waals surface area (Å²) in [7, 11) is 0. The minimum absolute atomic E-state index is 0.0876. The van der Waals surface area contributed by atoms with E-state index < -0.39 is 17.8 Å². The van der Waals surface area contributed by atoms with Gasteiger partial charge in [-0.05, 0) is 30.5 Å². The molecule has 0 spiro atoms. The Kier molecular flexibility index (Phi) is 4.80. The van der Waals surface area contributed by atoms with Crippen LogP contribution in [0.4, 0.5) is 23.7 Å². The predicted octanol–water partition coefficient (Wildman–Crippen LogP) is 2.35. The highest BCUT2D eigenvalue weighted by molar-refractivity contribution is 5.64. The minimum atomic E-state index is -4.43. The van der Waals surface area contributed by atoms with Gasteiger partial charge in [0.15, 0.2) is 0 Å². The molecule has 1 saturated heterocycles. The van der Waals surface area contributed by atoms with Crippen molar-refractivity contribution in [2.75, 3.05) is 18.8 Å². The van der Waals surface area contributed by atoms with E-state index in [-0.39, 0.29) is 23.9 Å². The molecule has 0 saturated carbocycles. The lowest BCUT2D eigenvalue weighted by Crippen LogP contribution is -2.38. The van der Waals surface area contributed by atoms with Gasteiger partial charge in [0.2, 0.25) is 0 Å². The van der Waals surface area contributed by atoms with Crippen molar-refractivity contribution in [2.24, 2.45) is 5.73 Å². The number of amides is 1. The van der Waals surface area contributed by atoms with Crippen LogP contribution in [0.3, 0.4) is 0 Å². The molecule has 1 aliphatic heterocycles. The molecule has 1 aromatic rings. The lowest BCUT2D eigenvalue weighted by atomic mass is 10.0. The number of nitrogens with zero attached hydrogens (tertiary/aromatic N) is 1. The average molecular weight is 317 g/mol. The largest absolute Gasteiger partial charge is 0.446 e. The number of nitrogens with two attached hydrogens (primary N) is 2. The molecule has 5 nitrogen and oxygen atoms in total. The molecule has 0 aliphatic carbocycles. The molecule has 1 fully saturated rings. The van der Waals surface area contributed by atoms with Crippen LogP contribution >= 0.6 is 0 Å². The minimum Gasteiger partial charge on any atom is -0.446 e. The zero-order valence-corrected chi connectivity index (χ0v) is 11.9. The van der Waals surface area contributed by atoms with E-state index >= 15 is 0 Å². The summed E-state index contributed by atoms with van der Waals surface area (Å²) in [5.41, 5.74) is 9.97. The van der Waals surface area contributed by atoms with Crippen LogP contribution in [-0.2, 0) is 17.5 Å². The lowest BCUT2D eigenvalue weighted by Gasteiger charge is -2.31. The average Bonchev–Trinajstić information content (AvgIpc) is 2.41. The van der Waals surface area contributed by atoms with Crippen molar-refractivity contribution in [1.29, 1.82) is 0 Å². The van der Waals surface area contributed by atoms with Crippen LogP contribution in [0.1, 0.15) is 24.0 Å². The smallest absolute Gasteiger partial charge is 0.416 e. The second kappa shape index (κ2) is 6.43. The van der Waals surface area contributed by atoms with Gasteiger partial charge in [-0.2, -0.15) is 13.2 Å². The third-order valence-corrected chi connectivity index (χ3v) is 3.65. The molecule has 1 amide bonds. The molecule has 0 radical (unpaired) electrons. The van der Waals surface area contributed by atoms with E-state index in [1.54, 1.807) is 0 Å². The summed E-state index contributed by atoms with van der Waals surface area (Å²) in [5.74, 6) is 0. The maximum absolute atomic E-state index is 13.0. The number of carbonyl (C=O) groups excluding carboxylic acids is 1. The van der Waals surface area contributed by atoms with Crippen LogP contribution in [0.2, 0.25) is 0 Å². The van der Waals surface area contributed by atoms with Gasteiger partial charge in [-0.1, -0.05) is 6.07 Å². The standard InChI is InChI=1S/C14H18F3N3O2/c15-14(16,17)12-7-10(18)2-1-9(12)8-20-5-3-11(4-6-20)22-13(19)21/h1-2,7,11H,3-6,8,18H2,(H2,19,21). The topological polar surface area (TPSA) is 81.6 Å². The predicted molar refractivity (Wildman–Crippen MR) is 74.8 cm³/mol. The number of rotatable bonds is 3. The van der Waals surface area contributed by atoms with Gasteiger partial charge in [0.25, 0.3) is 0 Å². The van der Waals surface area contributed by atoms with Gasteiger partial charge in [-0.3, -0.25) is 4.90 Å². The summed E-state index contributed by atoms with van der Waals surface area (Å²) >= 11 is 0. The van der Waals surface area contributed by atoms with Gasteiger partial charge in [0.1, 0.15) is 6.10 Å². The number of benzene rings is 1. The Morgan fingerprint density at radius 1 is 1.32 bits per heavy atom. The van der Waals surface area contributed by atoms with Crippen LogP contribution in [0.25, 0.3) is 0 Å². The second-order valence-electron chi connectivity index (χ2n) is 5.33. The van der Waals surface area contributed by atoms with Crippen molar-refractivity contribution >= 4 is 11.8 Å². The molecule has 1 aliphatic rings. The quantitative estimate of drug-likeness (QED) is 0.839. The fourth-order valence-corrected chi connectivity index (χ4v) is 2.59. The van der Waals surface area contributed by atoms with Crippen molar-refractivity contribution in [1.82, 2.24) is 4.90 Å². The van der Waals surface area contributed by atoms with E-state index in [2.05, 4.69) is 0 Å². The maximum Gasteiger partial charge on any atom is 0.416 e. The van der Waals surface area contributed by atoms with Crippen LogP contribution in [0.5, 0.6) is 0 Å². The van der Waals surface area contributed by atoms with Gasteiger partial charge < -0.3 is 16.2 Å². The molecule has 22 heavy (non-hydrogen) atoms. The molecular weight excluding hydrogens is 299 g/mol. The normalized spacial score (nSPS) is 17.4. The molecule has 1 aromatic carbocycles. The van der Waals surface area contributed by atoms with Crippen molar-refractivity contribution in [3.05, 3.63) is 29.3 Å². The number of nitrogen functional groups attached to an aromatic ring is 1. The highest BCUT2D eigenvalue weighted by atomic mass is 19.4. The lowest BCUT2D eigenvalue weighted by molar-refractivity contribution is -0.138.